The summed E-state index contributed by atoms with van der Waals surface area (Å²) in [5.74, 6) is -1.07. The summed E-state index contributed by atoms with van der Waals surface area (Å²) in [6.07, 6.45) is -1.58. The monoisotopic (exact) mass is 131 g/mol. The number of aliphatic hydroxyl groups excluding tert-OH is 2. The van der Waals surface area contributed by atoms with Crippen molar-refractivity contribution in [3.8, 4) is 0 Å². The van der Waals surface area contributed by atoms with E-state index in [1.807, 2.05) is 0 Å². The van der Waals surface area contributed by atoms with Crippen LogP contribution in [0.1, 0.15) is 0 Å². The Bertz CT molecular complexity index is 150. The Labute approximate surface area is 50.4 Å². The van der Waals surface area contributed by atoms with E-state index in [1.54, 1.807) is 0 Å². The van der Waals surface area contributed by atoms with Crippen LogP contribution in [0.4, 0.5) is 0 Å². The van der Waals surface area contributed by atoms with Gasteiger partial charge in [-0.2, -0.15) is 0 Å². The fourth-order valence-corrected chi connectivity index (χ4v) is 0.189. The third-order valence-electron chi connectivity index (χ3n) is 0.601. The van der Waals surface area contributed by atoms with Gasteiger partial charge < -0.3 is 10.2 Å². The lowest BCUT2D eigenvalue weighted by Crippen LogP contribution is -2.21. The van der Waals surface area contributed by atoms with Crippen molar-refractivity contribution in [3.63, 3.8) is 0 Å². The fourth-order valence-electron chi connectivity index (χ4n) is 0.189. The van der Waals surface area contributed by atoms with Gasteiger partial charge in [0.05, 0.1) is 6.61 Å². The second-order valence-corrected chi connectivity index (χ2v) is 1.23. The van der Waals surface area contributed by atoms with Crippen molar-refractivity contribution in [2.75, 3.05) is 6.61 Å². The van der Waals surface area contributed by atoms with Crippen molar-refractivity contribution in [1.82, 2.24) is 0 Å². The minimum Gasteiger partial charge on any atom is -0.393 e. The smallest absolute Gasteiger partial charge is 0.249 e. The summed E-state index contributed by atoms with van der Waals surface area (Å²) >= 11 is 0. The van der Waals surface area contributed by atoms with Crippen molar-refractivity contribution < 1.29 is 15.0 Å². The van der Waals surface area contributed by atoms with Gasteiger partial charge in [-0.05, 0) is 10.6 Å². The normalized spacial score (nSPS) is 11.8. The first kappa shape index (κ1) is 7.90. The summed E-state index contributed by atoms with van der Waals surface area (Å²) in [5, 5.41) is 19.0. The minimum absolute atomic E-state index is 0.724. The van der Waals surface area contributed by atoms with E-state index < -0.39 is 18.6 Å². The predicted octanol–water partition coefficient (Wildman–Crippen LogP) is -0.824. The lowest BCUT2D eigenvalue weighted by Gasteiger charge is -1.96. The number of nitrogens with zero attached hydrogens (tertiary/aromatic N) is 3. The van der Waals surface area contributed by atoms with Gasteiger partial charge in [0.15, 0.2) is 0 Å². The van der Waals surface area contributed by atoms with Gasteiger partial charge in [0.2, 0.25) is 5.91 Å². The first-order valence-electron chi connectivity index (χ1n) is 2.10. The number of hydrogen-bond donors (Lipinski definition) is 2. The van der Waals surface area contributed by atoms with Gasteiger partial charge in [0.1, 0.15) is 6.10 Å². The molecule has 0 saturated carbocycles. The van der Waals surface area contributed by atoms with E-state index in [0.717, 1.165) is 0 Å². The van der Waals surface area contributed by atoms with E-state index in [9.17, 15) is 4.79 Å². The van der Waals surface area contributed by atoms with Crippen LogP contribution in [0.3, 0.4) is 0 Å². The topological polar surface area (TPSA) is 106 Å². The lowest BCUT2D eigenvalue weighted by molar-refractivity contribution is -0.127. The van der Waals surface area contributed by atoms with E-state index in [2.05, 4.69) is 10.0 Å². The molecule has 0 aliphatic carbocycles. The summed E-state index contributed by atoms with van der Waals surface area (Å²) in [6, 6.07) is 0. The van der Waals surface area contributed by atoms with Crippen LogP contribution in [0, 0.1) is 0 Å². The Balaban J connectivity index is 3.87. The number of azide groups is 1. The molecule has 0 aliphatic heterocycles. The molecule has 6 heteroatoms. The molecule has 6 nitrogen and oxygen atoms in total. The van der Waals surface area contributed by atoms with Crippen LogP contribution in [0.15, 0.2) is 5.11 Å². The summed E-state index contributed by atoms with van der Waals surface area (Å²) < 4.78 is 0. The highest BCUT2D eigenvalue weighted by molar-refractivity contribution is 5.81. The fraction of sp³-hybridized carbons (Fsp3) is 0.667. The molecule has 0 heterocycles. The van der Waals surface area contributed by atoms with Gasteiger partial charge in [0, 0.05) is 4.91 Å². The van der Waals surface area contributed by atoms with Gasteiger partial charge in [0.25, 0.3) is 0 Å². The van der Waals surface area contributed by atoms with Crippen LogP contribution in [-0.2, 0) is 4.79 Å². The Kier molecular flexibility index (Phi) is 3.38. The van der Waals surface area contributed by atoms with Gasteiger partial charge in [-0.3, -0.25) is 4.79 Å². The zero-order valence-corrected chi connectivity index (χ0v) is 4.43. The van der Waals surface area contributed by atoms with Crippen LogP contribution in [0.25, 0.3) is 10.4 Å². The first-order chi connectivity index (χ1) is 4.22. The van der Waals surface area contributed by atoms with E-state index in [-0.39, 0.29) is 0 Å². The highest BCUT2D eigenvalue weighted by Crippen LogP contribution is 1.84. The molecule has 0 spiro atoms. The van der Waals surface area contributed by atoms with Crippen molar-refractivity contribution in [1.29, 1.82) is 0 Å². The molecule has 0 aliphatic rings. The largest absolute Gasteiger partial charge is 0.393 e. The predicted molar refractivity (Wildman–Crippen MR) is 27.2 cm³/mol. The van der Waals surface area contributed by atoms with Crippen LogP contribution < -0.4 is 0 Å². The number of amides is 1. The minimum atomic E-state index is -1.58. The maximum absolute atomic E-state index is 10.1. The maximum Gasteiger partial charge on any atom is 0.249 e. The second-order valence-electron chi connectivity index (χ2n) is 1.23. The molecular weight excluding hydrogens is 126 g/mol. The van der Waals surface area contributed by atoms with E-state index in [0.29, 0.717) is 0 Å². The zero-order valence-electron chi connectivity index (χ0n) is 4.43. The number of aliphatic hydroxyl groups is 2. The highest BCUT2D eigenvalue weighted by Gasteiger charge is 2.09. The molecule has 1 atom stereocenters. The van der Waals surface area contributed by atoms with Crippen molar-refractivity contribution in [3.05, 3.63) is 10.4 Å². The average Bonchev–Trinajstić information content (AvgIpc) is 1.87. The third-order valence-corrected chi connectivity index (χ3v) is 0.601. The molecule has 0 aromatic heterocycles. The molecule has 1 amide bonds. The molecule has 0 fully saturated rings. The molecule has 2 N–H and O–H groups in total. The molecule has 0 bridgehead atoms. The molecule has 50 valence electrons. The van der Waals surface area contributed by atoms with Crippen molar-refractivity contribution >= 4 is 5.91 Å². The van der Waals surface area contributed by atoms with Crippen LogP contribution >= 0.6 is 0 Å². The second kappa shape index (κ2) is 3.85. The van der Waals surface area contributed by atoms with Gasteiger partial charge in [-0.15, -0.1) is 0 Å². The van der Waals surface area contributed by atoms with Gasteiger partial charge >= 0.3 is 0 Å². The first-order valence-corrected chi connectivity index (χ1v) is 2.10. The van der Waals surface area contributed by atoms with Gasteiger partial charge in [-0.25, -0.2) is 0 Å². The number of rotatable bonds is 2. The Hall–Kier alpha value is -1.10. The third kappa shape index (κ3) is 2.65. The van der Waals surface area contributed by atoms with Crippen LogP contribution in [-0.4, -0.2) is 28.8 Å². The molecule has 1 unspecified atom stereocenters. The number of carbonyl (C=O) groups excluding carboxylic acids is 1. The van der Waals surface area contributed by atoms with E-state index in [4.69, 9.17) is 15.7 Å². The molecule has 0 saturated heterocycles. The van der Waals surface area contributed by atoms with Crippen molar-refractivity contribution in [2.45, 2.75) is 6.10 Å². The molecule has 9 heavy (non-hydrogen) atoms. The molecule has 0 radical (unpaired) electrons. The Morgan fingerprint density at radius 2 is 2.44 bits per heavy atom. The summed E-state index contributed by atoms with van der Waals surface area (Å²) in [4.78, 5) is 12.3. The molecule has 0 aromatic rings. The lowest BCUT2D eigenvalue weighted by atomic mass is 10.4. The number of carbonyl (C=O) groups is 1. The van der Waals surface area contributed by atoms with Gasteiger partial charge in [-0.1, -0.05) is 0 Å². The van der Waals surface area contributed by atoms with Crippen LogP contribution in [0.2, 0.25) is 0 Å². The molecular formula is C3H5N3O3. The maximum atomic E-state index is 10.1. The quantitative estimate of drug-likeness (QED) is 0.290. The molecule has 0 aromatic carbocycles. The Morgan fingerprint density at radius 3 is 2.78 bits per heavy atom. The highest BCUT2D eigenvalue weighted by atomic mass is 16.3. The molecule has 0 rings (SSSR count). The van der Waals surface area contributed by atoms with Crippen molar-refractivity contribution in [2.24, 2.45) is 5.11 Å². The number of hydrogen-bond acceptors (Lipinski definition) is 3. The van der Waals surface area contributed by atoms with Crippen LogP contribution in [0.5, 0.6) is 0 Å². The van der Waals surface area contributed by atoms with E-state index in [1.165, 1.54) is 0 Å². The zero-order chi connectivity index (χ0) is 7.28. The van der Waals surface area contributed by atoms with E-state index >= 15 is 0 Å². The summed E-state index contributed by atoms with van der Waals surface area (Å²) in [7, 11) is 0. The summed E-state index contributed by atoms with van der Waals surface area (Å²) in [5.41, 5.74) is 7.63. The summed E-state index contributed by atoms with van der Waals surface area (Å²) in [6.45, 7) is -0.724. The standard InChI is InChI=1S/C3H5N3O3/c4-6-5-3(9)2(8)1-7/h2,7-8H,1H2. The SMILES string of the molecule is [N-]=[N+]=NC(=O)C(O)CO. The Morgan fingerprint density at radius 1 is 1.89 bits per heavy atom. The average molecular weight is 131 g/mol.